The Labute approximate surface area is 255 Å². The predicted octanol–water partition coefficient (Wildman–Crippen LogP) is 4.86. The number of aryl methyl sites for hydroxylation is 2. The lowest BCUT2D eigenvalue weighted by Gasteiger charge is -2.19. The normalized spacial score (nSPS) is 12.8. The lowest BCUT2D eigenvalue weighted by Crippen LogP contribution is -2.30. The first kappa shape index (κ1) is 30.0. The summed E-state index contributed by atoms with van der Waals surface area (Å²) in [6, 6.07) is 11.8. The van der Waals surface area contributed by atoms with Crippen molar-refractivity contribution in [2.24, 2.45) is 4.99 Å². The fourth-order valence-corrected chi connectivity index (χ4v) is 4.97. The van der Waals surface area contributed by atoms with Crippen LogP contribution in [0.15, 0.2) is 77.1 Å². The van der Waals surface area contributed by atoms with Gasteiger partial charge in [0.05, 0.1) is 30.4 Å². The zero-order chi connectivity index (χ0) is 30.2. The molecule has 0 bridgehead atoms. The van der Waals surface area contributed by atoms with Gasteiger partial charge in [-0.3, -0.25) is 14.8 Å². The van der Waals surface area contributed by atoms with Crippen LogP contribution in [0.25, 0.3) is 17.2 Å². The van der Waals surface area contributed by atoms with Gasteiger partial charge in [0.15, 0.2) is 11.6 Å². The summed E-state index contributed by atoms with van der Waals surface area (Å²) in [4.78, 5) is 42.4. The Bertz CT molecular complexity index is 1670. The number of hydroxylamine groups is 1. The Morgan fingerprint density at radius 1 is 1.09 bits per heavy atom. The van der Waals surface area contributed by atoms with Gasteiger partial charge in [-0.1, -0.05) is 50.3 Å². The van der Waals surface area contributed by atoms with Crippen LogP contribution in [0.3, 0.4) is 0 Å². The van der Waals surface area contributed by atoms with Crippen molar-refractivity contribution < 1.29 is 9.57 Å². The molecule has 43 heavy (non-hydrogen) atoms. The number of pyridine rings is 1. The minimum Gasteiger partial charge on any atom is -0.489 e. The summed E-state index contributed by atoms with van der Waals surface area (Å²) < 4.78 is 7.15. The molecule has 3 aromatic heterocycles. The minimum absolute atomic E-state index is 0.174. The molecule has 0 atom stereocenters. The van der Waals surface area contributed by atoms with Crippen LogP contribution in [-0.2, 0) is 17.7 Å². The number of aromatic nitrogens is 5. The van der Waals surface area contributed by atoms with Gasteiger partial charge in [-0.15, -0.1) is 0 Å². The van der Waals surface area contributed by atoms with E-state index < -0.39 is 0 Å². The fraction of sp³-hybridized carbons (Fsp3) is 0.312. The number of hydrogen-bond acceptors (Lipinski definition) is 10. The highest BCUT2D eigenvalue weighted by molar-refractivity contribution is 7.98. The van der Waals surface area contributed by atoms with Crippen LogP contribution >= 0.6 is 11.8 Å². The summed E-state index contributed by atoms with van der Waals surface area (Å²) in [6.07, 6.45) is 10.1. The highest BCUT2D eigenvalue weighted by Crippen LogP contribution is 2.24. The summed E-state index contributed by atoms with van der Waals surface area (Å²) in [7, 11) is 0. The number of unbranched alkanes of at least 4 members (excludes halogenated alkanes) is 1. The molecule has 0 radical (unpaired) electrons. The lowest BCUT2D eigenvalue weighted by atomic mass is 10.00. The molecule has 1 N–H and O–H groups in total. The molecule has 4 heterocycles. The second-order valence-electron chi connectivity index (χ2n) is 10.1. The lowest BCUT2D eigenvalue weighted by molar-refractivity contribution is 0.149. The third-order valence-corrected chi connectivity index (χ3v) is 7.51. The van der Waals surface area contributed by atoms with E-state index in [2.05, 4.69) is 33.9 Å². The number of nitrogens with zero attached hydrogens (tertiary/aromatic N) is 6. The molecule has 4 aromatic rings. The molecule has 1 aliphatic heterocycles. The molecule has 10 nitrogen and oxygen atoms in total. The van der Waals surface area contributed by atoms with Crippen LogP contribution in [0.1, 0.15) is 48.0 Å². The molecular formula is C32H35N7O3S. The number of amidine groups is 1. The highest BCUT2D eigenvalue weighted by Gasteiger charge is 2.19. The van der Waals surface area contributed by atoms with E-state index in [4.69, 9.17) is 19.5 Å². The molecule has 222 valence electrons. The first-order valence-corrected chi connectivity index (χ1v) is 15.6. The smallest absolute Gasteiger partial charge is 0.264 e. The molecule has 0 unspecified atom stereocenters. The van der Waals surface area contributed by atoms with Crippen LogP contribution < -0.4 is 15.8 Å². The summed E-state index contributed by atoms with van der Waals surface area (Å²) in [5.74, 6) is 3.44. The van der Waals surface area contributed by atoms with Crippen molar-refractivity contribution in [3.8, 4) is 23.0 Å². The molecule has 0 saturated carbocycles. The van der Waals surface area contributed by atoms with E-state index in [1.807, 2.05) is 55.8 Å². The summed E-state index contributed by atoms with van der Waals surface area (Å²) in [5, 5.41) is 0. The van der Waals surface area contributed by atoms with Gasteiger partial charge in [-0.25, -0.2) is 25.0 Å². The predicted molar refractivity (Wildman–Crippen MR) is 170 cm³/mol. The van der Waals surface area contributed by atoms with Gasteiger partial charge < -0.3 is 9.57 Å². The third kappa shape index (κ3) is 7.11. The molecule has 11 heteroatoms. The largest absolute Gasteiger partial charge is 0.489 e. The quantitative estimate of drug-likeness (QED) is 0.229. The Morgan fingerprint density at radius 2 is 1.88 bits per heavy atom. The standard InChI is InChI=1S/C32H35N7O3S/c1-5-6-11-29-27(31(40)39(22(3)37-29)32-35-19-24(20-36-32)41-14-15-43-4)16-23-12-13-28(33-18-23)25-9-7-8-10-26(25)30-34-17-21(2)42-38-30/h7-10,12-13,18-20H,2,5-6,11,14-17H2,1,3-4H3,(H,34,38). The van der Waals surface area contributed by atoms with Gasteiger partial charge in [0.2, 0.25) is 5.95 Å². The molecule has 0 fully saturated rings. The van der Waals surface area contributed by atoms with E-state index in [-0.39, 0.29) is 11.5 Å². The molecule has 1 aromatic carbocycles. The molecule has 0 saturated heterocycles. The Balaban J connectivity index is 1.44. The van der Waals surface area contributed by atoms with E-state index in [0.29, 0.717) is 54.7 Å². The number of thioether (sulfide) groups is 1. The highest BCUT2D eigenvalue weighted by atomic mass is 32.2. The maximum absolute atomic E-state index is 14.0. The van der Waals surface area contributed by atoms with Gasteiger partial charge in [0, 0.05) is 35.1 Å². The van der Waals surface area contributed by atoms with Crippen molar-refractivity contribution in [3.05, 3.63) is 106 Å². The summed E-state index contributed by atoms with van der Waals surface area (Å²) in [5.41, 5.74) is 7.59. The van der Waals surface area contributed by atoms with E-state index in [1.165, 1.54) is 4.57 Å². The minimum atomic E-state index is -0.174. The zero-order valence-electron chi connectivity index (χ0n) is 24.7. The SMILES string of the molecule is C=C1CN=C(c2ccccc2-c2ccc(Cc3c(CCCC)nc(C)n(-c4ncc(OCCSC)cn4)c3=O)cn2)NO1. The fourth-order valence-electron chi connectivity index (χ4n) is 4.72. The molecule has 0 spiro atoms. The summed E-state index contributed by atoms with van der Waals surface area (Å²) >= 11 is 1.70. The van der Waals surface area contributed by atoms with E-state index in [1.54, 1.807) is 24.2 Å². The van der Waals surface area contributed by atoms with E-state index >= 15 is 0 Å². The van der Waals surface area contributed by atoms with Crippen LogP contribution in [0.2, 0.25) is 0 Å². The maximum Gasteiger partial charge on any atom is 0.264 e. The second-order valence-corrected chi connectivity index (χ2v) is 11.1. The van der Waals surface area contributed by atoms with Crippen molar-refractivity contribution in [1.29, 1.82) is 0 Å². The van der Waals surface area contributed by atoms with Crippen LogP contribution in [0.4, 0.5) is 0 Å². The number of rotatable bonds is 12. The van der Waals surface area contributed by atoms with Crippen molar-refractivity contribution in [1.82, 2.24) is 30.0 Å². The van der Waals surface area contributed by atoms with Gasteiger partial charge >= 0.3 is 0 Å². The molecule has 5 rings (SSSR count). The number of benzene rings is 1. The average Bonchev–Trinajstić information content (AvgIpc) is 3.03. The third-order valence-electron chi connectivity index (χ3n) is 6.94. The van der Waals surface area contributed by atoms with Crippen LogP contribution in [0, 0.1) is 6.92 Å². The Hall–Kier alpha value is -4.51. The molecule has 1 aliphatic rings. The number of ether oxygens (including phenoxy) is 1. The number of hydrogen-bond donors (Lipinski definition) is 1. The van der Waals surface area contributed by atoms with E-state index in [0.717, 1.165) is 46.7 Å². The molecular weight excluding hydrogens is 562 g/mol. The molecule has 0 amide bonds. The summed E-state index contributed by atoms with van der Waals surface area (Å²) in [6.45, 7) is 8.69. The van der Waals surface area contributed by atoms with Crippen molar-refractivity contribution in [3.63, 3.8) is 0 Å². The topological polar surface area (TPSA) is 116 Å². The number of aliphatic imine (C=N–C) groups is 1. The van der Waals surface area contributed by atoms with E-state index in [9.17, 15) is 4.79 Å². The van der Waals surface area contributed by atoms with Crippen molar-refractivity contribution in [2.75, 3.05) is 25.2 Å². The van der Waals surface area contributed by atoms with Gasteiger partial charge in [0.1, 0.15) is 18.1 Å². The van der Waals surface area contributed by atoms with Crippen LogP contribution in [0.5, 0.6) is 5.75 Å². The second kappa shape index (κ2) is 14.1. The Kier molecular flexibility index (Phi) is 9.83. The monoisotopic (exact) mass is 597 g/mol. The first-order valence-electron chi connectivity index (χ1n) is 14.2. The van der Waals surface area contributed by atoms with Crippen molar-refractivity contribution in [2.45, 2.75) is 39.5 Å². The first-order chi connectivity index (χ1) is 21.0. The Morgan fingerprint density at radius 3 is 2.56 bits per heavy atom. The molecule has 0 aliphatic carbocycles. The van der Waals surface area contributed by atoms with Crippen LogP contribution in [-0.4, -0.2) is 55.5 Å². The maximum atomic E-state index is 14.0. The van der Waals surface area contributed by atoms with Gasteiger partial charge in [0.25, 0.3) is 5.56 Å². The van der Waals surface area contributed by atoms with Gasteiger partial charge in [-0.05, 0) is 37.7 Å². The zero-order valence-corrected chi connectivity index (χ0v) is 25.5. The average molecular weight is 598 g/mol. The van der Waals surface area contributed by atoms with Crippen molar-refractivity contribution >= 4 is 17.6 Å². The number of nitrogens with one attached hydrogen (secondary N) is 1. The van der Waals surface area contributed by atoms with Gasteiger partial charge in [-0.2, -0.15) is 11.8 Å².